The second kappa shape index (κ2) is 9.24. The minimum Gasteiger partial charge on any atom is -0.476 e. The Bertz CT molecular complexity index is 978. The maximum atomic E-state index is 11.8. The Hall–Kier alpha value is -2.38. The zero-order valence-corrected chi connectivity index (χ0v) is 19.3. The number of nitrogens with two attached hydrogens (primary N) is 1. The predicted octanol–water partition coefficient (Wildman–Crippen LogP) is 3.53. The van der Waals surface area contributed by atoms with Crippen LogP contribution >= 0.6 is 11.6 Å². The molecule has 2 aromatic rings. The molecule has 4 unspecified atom stereocenters. The van der Waals surface area contributed by atoms with Crippen molar-refractivity contribution >= 4 is 23.5 Å². The Balaban J connectivity index is 1.46. The number of primary amides is 1. The molecule has 32 heavy (non-hydrogen) atoms. The number of hydrogen-bond donors (Lipinski definition) is 2. The Morgan fingerprint density at radius 3 is 2.41 bits per heavy atom. The summed E-state index contributed by atoms with van der Waals surface area (Å²) in [6.45, 7) is 4.94. The molecule has 1 aliphatic carbocycles. The normalized spacial score (nSPS) is 24.2. The number of rotatable bonds is 10. The maximum absolute atomic E-state index is 11.8. The van der Waals surface area contributed by atoms with Crippen molar-refractivity contribution in [2.45, 2.75) is 38.6 Å². The van der Waals surface area contributed by atoms with Crippen molar-refractivity contribution in [3.63, 3.8) is 0 Å². The van der Waals surface area contributed by atoms with Gasteiger partial charge in [-0.15, -0.1) is 0 Å². The van der Waals surface area contributed by atoms with Crippen LogP contribution in [0, 0.1) is 23.7 Å². The van der Waals surface area contributed by atoms with Gasteiger partial charge >= 0.3 is 5.97 Å². The van der Waals surface area contributed by atoms with Gasteiger partial charge in [0.2, 0.25) is 5.91 Å². The number of fused-ring (bicyclic) bond motifs is 1. The number of aromatic carboxylic acids is 1. The number of carbonyl (C=O) groups excluding carboxylic acids is 1. The van der Waals surface area contributed by atoms with E-state index in [4.69, 9.17) is 17.3 Å². The van der Waals surface area contributed by atoms with Crippen LogP contribution in [0.15, 0.2) is 30.5 Å². The third-order valence-electron chi connectivity index (χ3n) is 7.30. The maximum Gasteiger partial charge on any atom is 0.356 e. The molecule has 1 amide bonds. The number of hydrogen-bond acceptors (Lipinski definition) is 4. The summed E-state index contributed by atoms with van der Waals surface area (Å²) in [5.74, 6) is 1.12. The molecule has 7 nitrogen and oxygen atoms in total. The van der Waals surface area contributed by atoms with Gasteiger partial charge in [-0.1, -0.05) is 30.7 Å². The number of nitrogens with zero attached hydrogens (tertiary/aromatic N) is 3. The van der Waals surface area contributed by atoms with Crippen LogP contribution in [0.4, 0.5) is 0 Å². The van der Waals surface area contributed by atoms with Crippen molar-refractivity contribution in [3.8, 4) is 0 Å². The van der Waals surface area contributed by atoms with Crippen LogP contribution in [0.5, 0.6) is 0 Å². The summed E-state index contributed by atoms with van der Waals surface area (Å²) in [5, 5.41) is 10.1. The highest BCUT2D eigenvalue weighted by Gasteiger charge is 2.59. The van der Waals surface area contributed by atoms with Crippen molar-refractivity contribution in [2.24, 2.45) is 36.5 Å². The summed E-state index contributed by atoms with van der Waals surface area (Å²) in [4.78, 5) is 30.2. The summed E-state index contributed by atoms with van der Waals surface area (Å²) in [7, 11) is 1.86. The van der Waals surface area contributed by atoms with Gasteiger partial charge in [0.05, 0.1) is 0 Å². The zero-order chi connectivity index (χ0) is 23.0. The first-order chi connectivity index (χ1) is 15.3. The van der Waals surface area contributed by atoms with E-state index in [1.54, 1.807) is 6.20 Å². The van der Waals surface area contributed by atoms with E-state index in [1.807, 2.05) is 30.7 Å². The number of carbonyl (C=O) groups is 2. The van der Waals surface area contributed by atoms with Crippen molar-refractivity contribution in [2.75, 3.05) is 13.1 Å². The van der Waals surface area contributed by atoms with Gasteiger partial charge in [-0.2, -0.15) is 0 Å². The lowest BCUT2D eigenvalue weighted by atomic mass is 9.88. The smallest absolute Gasteiger partial charge is 0.356 e. The number of likely N-dealkylation sites (tertiary alicyclic amines) is 1. The summed E-state index contributed by atoms with van der Waals surface area (Å²) in [5.41, 5.74) is 6.91. The van der Waals surface area contributed by atoms with Gasteiger partial charge in [-0.25, -0.2) is 9.78 Å². The molecule has 172 valence electrons. The standard InChI is InChI=1S/C24H31ClN4O3/c1-3-15(22(26)30)6-9-17(23-27-20(24(31)32)13-28(23)2)21-18-11-29(12-19(18)21)10-14-4-7-16(25)8-5-14/h4-5,7-8,13,15,17-19,21H,3,6,9-12H2,1-2H3,(H2,26,30)(H,31,32). The number of carboxylic acids is 1. The van der Waals surface area contributed by atoms with Crippen LogP contribution in [0.2, 0.25) is 5.02 Å². The fraction of sp³-hybridized carbons (Fsp3) is 0.542. The number of carboxylic acid groups (broad SMARTS) is 1. The lowest BCUT2D eigenvalue weighted by Crippen LogP contribution is -2.27. The quantitative estimate of drug-likeness (QED) is 0.567. The second-order valence-corrected chi connectivity index (χ2v) is 9.75. The van der Waals surface area contributed by atoms with Crippen molar-refractivity contribution < 1.29 is 14.7 Å². The van der Waals surface area contributed by atoms with E-state index in [2.05, 4.69) is 22.0 Å². The van der Waals surface area contributed by atoms with Crippen LogP contribution in [-0.2, 0) is 18.4 Å². The van der Waals surface area contributed by atoms with E-state index < -0.39 is 5.97 Å². The molecule has 1 saturated carbocycles. The first-order valence-electron chi connectivity index (χ1n) is 11.3. The average Bonchev–Trinajstić information content (AvgIpc) is 3.06. The number of aromatic nitrogens is 2. The van der Waals surface area contributed by atoms with Gasteiger partial charge in [-0.3, -0.25) is 9.69 Å². The van der Waals surface area contributed by atoms with Gasteiger partial charge < -0.3 is 15.4 Å². The molecular formula is C24H31ClN4O3. The van der Waals surface area contributed by atoms with Gasteiger partial charge in [0.1, 0.15) is 5.82 Å². The molecule has 1 aromatic heterocycles. The Morgan fingerprint density at radius 2 is 1.88 bits per heavy atom. The second-order valence-electron chi connectivity index (χ2n) is 9.32. The minimum atomic E-state index is -1.01. The lowest BCUT2D eigenvalue weighted by Gasteiger charge is -2.24. The number of amides is 1. The van der Waals surface area contributed by atoms with Crippen LogP contribution in [-0.4, -0.2) is 44.5 Å². The summed E-state index contributed by atoms with van der Waals surface area (Å²) in [6.07, 6.45) is 3.80. The number of piperidine rings is 1. The van der Waals surface area contributed by atoms with E-state index in [-0.39, 0.29) is 23.4 Å². The molecule has 2 heterocycles. The predicted molar refractivity (Wildman–Crippen MR) is 122 cm³/mol. The van der Waals surface area contributed by atoms with Gasteiger partial charge in [-0.05, 0) is 54.7 Å². The summed E-state index contributed by atoms with van der Waals surface area (Å²) < 4.78 is 1.85. The Kier molecular flexibility index (Phi) is 6.58. The highest BCUT2D eigenvalue weighted by Crippen LogP contribution is 2.59. The molecule has 4 atom stereocenters. The number of imidazole rings is 1. The molecule has 3 N–H and O–H groups in total. The molecule has 1 aliphatic heterocycles. The molecule has 2 fully saturated rings. The molecule has 0 bridgehead atoms. The van der Waals surface area contributed by atoms with E-state index in [1.165, 1.54) is 5.56 Å². The molecule has 0 spiro atoms. The lowest BCUT2D eigenvalue weighted by molar-refractivity contribution is -0.122. The van der Waals surface area contributed by atoms with Crippen molar-refractivity contribution in [1.29, 1.82) is 0 Å². The third-order valence-corrected chi connectivity index (χ3v) is 7.56. The molecular weight excluding hydrogens is 428 g/mol. The third kappa shape index (κ3) is 4.69. The van der Waals surface area contributed by atoms with E-state index in [0.717, 1.165) is 43.3 Å². The van der Waals surface area contributed by atoms with Crippen LogP contribution in [0.25, 0.3) is 0 Å². The van der Waals surface area contributed by atoms with Crippen LogP contribution in [0.1, 0.15) is 54.0 Å². The zero-order valence-electron chi connectivity index (χ0n) is 18.6. The molecule has 8 heteroatoms. The van der Waals surface area contributed by atoms with Gasteiger partial charge in [0, 0.05) is 49.7 Å². The average molecular weight is 459 g/mol. The molecule has 2 aliphatic rings. The van der Waals surface area contributed by atoms with Crippen molar-refractivity contribution in [3.05, 3.63) is 52.6 Å². The first-order valence-corrected chi connectivity index (χ1v) is 11.7. The topological polar surface area (TPSA) is 101 Å². The number of aryl methyl sites for hydroxylation is 1. The largest absolute Gasteiger partial charge is 0.476 e. The molecule has 4 rings (SSSR count). The molecule has 1 aromatic carbocycles. The fourth-order valence-corrected chi connectivity index (χ4v) is 5.71. The molecule has 0 radical (unpaired) electrons. The highest BCUT2D eigenvalue weighted by atomic mass is 35.5. The summed E-state index contributed by atoms with van der Waals surface area (Å²) in [6, 6.07) is 8.00. The monoisotopic (exact) mass is 458 g/mol. The highest BCUT2D eigenvalue weighted by molar-refractivity contribution is 6.30. The fourth-order valence-electron chi connectivity index (χ4n) is 5.58. The minimum absolute atomic E-state index is 0.0737. The van der Waals surface area contributed by atoms with Gasteiger partial charge in [0.25, 0.3) is 0 Å². The molecule has 1 saturated heterocycles. The number of benzene rings is 1. The first kappa shape index (κ1) is 22.8. The van der Waals surface area contributed by atoms with Crippen molar-refractivity contribution in [1.82, 2.24) is 14.5 Å². The number of halogens is 1. The SMILES string of the molecule is CCC(CCC(c1nc(C(=O)O)cn1C)C1C2CN(Cc3ccc(Cl)cc3)CC21)C(N)=O. The van der Waals surface area contributed by atoms with E-state index in [0.29, 0.717) is 24.2 Å². The van der Waals surface area contributed by atoms with Crippen LogP contribution in [0.3, 0.4) is 0 Å². The van der Waals surface area contributed by atoms with Gasteiger partial charge in [0.15, 0.2) is 5.69 Å². The Labute approximate surface area is 193 Å². The summed E-state index contributed by atoms with van der Waals surface area (Å²) >= 11 is 6.00. The Morgan fingerprint density at radius 1 is 1.22 bits per heavy atom. The van der Waals surface area contributed by atoms with E-state index in [9.17, 15) is 14.7 Å². The van der Waals surface area contributed by atoms with E-state index >= 15 is 0 Å². The van der Waals surface area contributed by atoms with Crippen LogP contribution < -0.4 is 5.73 Å².